The van der Waals surface area contributed by atoms with E-state index < -0.39 is 6.10 Å². The van der Waals surface area contributed by atoms with Gasteiger partial charge < -0.3 is 14.7 Å². The van der Waals surface area contributed by atoms with Gasteiger partial charge in [-0.15, -0.1) is 11.3 Å². The summed E-state index contributed by atoms with van der Waals surface area (Å²) in [5.41, 5.74) is 1.39. The first-order chi connectivity index (χ1) is 17.0. The first-order valence-electron chi connectivity index (χ1n) is 12.8. The molecule has 35 heavy (non-hydrogen) atoms. The highest BCUT2D eigenvalue weighted by Gasteiger charge is 2.28. The SMILES string of the molecule is COC(=O)c1ccc(CCCN2C(=O)CCC2C=C[C@@H](O)[C@@H](C)CCCCCc2ccccc2)s1. The number of esters is 1. The molecule has 0 radical (unpaired) electrons. The Labute approximate surface area is 213 Å². The Bertz CT molecular complexity index is 955. The number of thiophene rings is 1. The quantitative estimate of drug-likeness (QED) is 0.203. The average Bonchev–Trinajstić information content (AvgIpc) is 3.49. The number of amides is 1. The van der Waals surface area contributed by atoms with Gasteiger partial charge in [-0.2, -0.15) is 0 Å². The van der Waals surface area contributed by atoms with Crippen LogP contribution in [-0.4, -0.2) is 47.7 Å². The number of nitrogens with zero attached hydrogens (tertiary/aromatic N) is 1. The van der Waals surface area contributed by atoms with Gasteiger partial charge in [0, 0.05) is 17.8 Å². The van der Waals surface area contributed by atoms with E-state index in [0.29, 0.717) is 17.8 Å². The molecule has 1 N–H and O–H groups in total. The number of methoxy groups -OCH3 is 1. The van der Waals surface area contributed by atoms with E-state index in [1.807, 2.05) is 23.1 Å². The molecule has 1 fully saturated rings. The maximum absolute atomic E-state index is 12.4. The number of aliphatic hydroxyl groups excluding tert-OH is 1. The van der Waals surface area contributed by atoms with Crippen molar-refractivity contribution >= 4 is 23.2 Å². The standard InChI is InChI=1S/C29H39NO4S/c1-22(10-5-3-6-11-23-12-7-4-8-13-23)26(31)18-15-24-16-20-28(32)30(24)21-9-14-25-17-19-27(35-25)29(33)34-2/h4,7-8,12-13,15,17-19,22,24,26,31H,3,5-6,9-11,14,16,20-21H2,1-2H3/t22-,24?,26+/m0/s1. The van der Waals surface area contributed by atoms with Crippen LogP contribution < -0.4 is 0 Å². The van der Waals surface area contributed by atoms with Crippen molar-refractivity contribution in [3.05, 3.63) is 69.9 Å². The van der Waals surface area contributed by atoms with Crippen LogP contribution >= 0.6 is 11.3 Å². The zero-order valence-corrected chi connectivity index (χ0v) is 21.8. The third-order valence-corrected chi connectivity index (χ3v) is 7.95. The van der Waals surface area contributed by atoms with E-state index in [1.54, 1.807) is 6.07 Å². The Morgan fingerprint density at radius 2 is 1.94 bits per heavy atom. The number of likely N-dealkylation sites (tertiary alicyclic amines) is 1. The van der Waals surface area contributed by atoms with Crippen molar-refractivity contribution in [2.45, 2.75) is 76.9 Å². The molecule has 6 heteroatoms. The molecular formula is C29H39NO4S. The molecule has 0 saturated carbocycles. The predicted octanol–water partition coefficient (Wildman–Crippen LogP) is 5.81. The van der Waals surface area contributed by atoms with E-state index >= 15 is 0 Å². The molecule has 1 aromatic heterocycles. The first kappa shape index (κ1) is 27.2. The number of hydrogen-bond acceptors (Lipinski definition) is 5. The number of aliphatic hydroxyl groups is 1. The average molecular weight is 498 g/mol. The van der Waals surface area contributed by atoms with E-state index in [9.17, 15) is 14.7 Å². The Morgan fingerprint density at radius 1 is 1.14 bits per heavy atom. The van der Waals surface area contributed by atoms with Crippen LogP contribution in [0.5, 0.6) is 0 Å². The fourth-order valence-corrected chi connectivity index (χ4v) is 5.58. The monoisotopic (exact) mass is 497 g/mol. The van der Waals surface area contributed by atoms with Gasteiger partial charge in [0.2, 0.25) is 5.91 Å². The van der Waals surface area contributed by atoms with Crippen molar-refractivity contribution in [2.75, 3.05) is 13.7 Å². The van der Waals surface area contributed by atoms with Crippen LogP contribution in [0.1, 0.15) is 72.0 Å². The lowest BCUT2D eigenvalue weighted by molar-refractivity contribution is -0.128. The second-order valence-corrected chi connectivity index (χ2v) is 10.7. The summed E-state index contributed by atoms with van der Waals surface area (Å²) in [6, 6.07) is 14.4. The van der Waals surface area contributed by atoms with Crippen molar-refractivity contribution in [1.29, 1.82) is 0 Å². The summed E-state index contributed by atoms with van der Waals surface area (Å²) < 4.78 is 4.77. The van der Waals surface area contributed by atoms with Gasteiger partial charge in [-0.05, 0) is 62.1 Å². The van der Waals surface area contributed by atoms with Crippen LogP contribution in [-0.2, 0) is 22.4 Å². The fraction of sp³-hybridized carbons (Fsp3) is 0.517. The minimum absolute atomic E-state index is 0.0594. The van der Waals surface area contributed by atoms with Crippen LogP contribution in [0.3, 0.4) is 0 Å². The van der Waals surface area contributed by atoms with Gasteiger partial charge in [0.1, 0.15) is 4.88 Å². The van der Waals surface area contributed by atoms with Gasteiger partial charge >= 0.3 is 5.97 Å². The van der Waals surface area contributed by atoms with Crippen LogP contribution in [0.15, 0.2) is 54.6 Å². The molecule has 2 heterocycles. The van der Waals surface area contributed by atoms with Crippen LogP contribution in [0.2, 0.25) is 0 Å². The Hall–Kier alpha value is -2.44. The smallest absolute Gasteiger partial charge is 0.348 e. The van der Waals surface area contributed by atoms with E-state index in [4.69, 9.17) is 4.74 Å². The van der Waals surface area contributed by atoms with Gasteiger partial charge in [-0.1, -0.05) is 62.2 Å². The molecule has 3 atom stereocenters. The van der Waals surface area contributed by atoms with E-state index in [0.717, 1.165) is 43.4 Å². The molecule has 3 rings (SSSR count). The number of carbonyl (C=O) groups is 2. The van der Waals surface area contributed by atoms with Gasteiger partial charge in [-0.3, -0.25) is 4.79 Å². The highest BCUT2D eigenvalue weighted by atomic mass is 32.1. The Balaban J connectivity index is 1.37. The summed E-state index contributed by atoms with van der Waals surface area (Å²) in [7, 11) is 1.39. The molecule has 1 unspecified atom stereocenters. The second kappa shape index (κ2) is 14.2. The highest BCUT2D eigenvalue weighted by molar-refractivity contribution is 7.13. The van der Waals surface area contributed by atoms with Crippen molar-refractivity contribution in [1.82, 2.24) is 4.90 Å². The summed E-state index contributed by atoms with van der Waals surface area (Å²) >= 11 is 1.45. The van der Waals surface area contributed by atoms with Crippen molar-refractivity contribution < 1.29 is 19.4 Å². The van der Waals surface area contributed by atoms with Gasteiger partial charge in [0.05, 0.1) is 19.3 Å². The fourth-order valence-electron chi connectivity index (χ4n) is 4.61. The van der Waals surface area contributed by atoms with Crippen LogP contribution in [0.25, 0.3) is 0 Å². The minimum atomic E-state index is -0.482. The molecule has 1 amide bonds. The lowest BCUT2D eigenvalue weighted by atomic mass is 9.95. The van der Waals surface area contributed by atoms with Crippen LogP contribution in [0.4, 0.5) is 0 Å². The number of carbonyl (C=O) groups excluding carboxylic acids is 2. The summed E-state index contributed by atoms with van der Waals surface area (Å²) in [4.78, 5) is 27.7. The van der Waals surface area contributed by atoms with Gasteiger partial charge in [-0.25, -0.2) is 4.79 Å². The number of aryl methyl sites for hydroxylation is 2. The van der Waals surface area contributed by atoms with Crippen molar-refractivity contribution in [2.24, 2.45) is 5.92 Å². The predicted molar refractivity (Wildman–Crippen MR) is 142 cm³/mol. The zero-order valence-electron chi connectivity index (χ0n) is 21.0. The molecular weight excluding hydrogens is 458 g/mol. The summed E-state index contributed by atoms with van der Waals surface area (Å²) in [5, 5.41) is 10.6. The molecule has 0 spiro atoms. The van der Waals surface area contributed by atoms with Crippen molar-refractivity contribution in [3.8, 4) is 0 Å². The number of ether oxygens (including phenoxy) is 1. The van der Waals surface area contributed by atoms with Gasteiger partial charge in [0.15, 0.2) is 0 Å². The maximum atomic E-state index is 12.4. The minimum Gasteiger partial charge on any atom is -0.465 e. The number of hydrogen-bond donors (Lipinski definition) is 1. The second-order valence-electron chi connectivity index (χ2n) is 9.49. The van der Waals surface area contributed by atoms with Crippen molar-refractivity contribution in [3.63, 3.8) is 0 Å². The Kier molecular flexibility index (Phi) is 11.0. The molecule has 2 aromatic rings. The van der Waals surface area contributed by atoms with Gasteiger partial charge in [0.25, 0.3) is 0 Å². The highest BCUT2D eigenvalue weighted by Crippen LogP contribution is 2.24. The van der Waals surface area contributed by atoms with E-state index in [2.05, 4.69) is 37.3 Å². The summed E-state index contributed by atoms with van der Waals surface area (Å²) in [5.74, 6) is 0.0829. The Morgan fingerprint density at radius 3 is 2.71 bits per heavy atom. The molecule has 1 saturated heterocycles. The molecule has 1 aliphatic rings. The lowest BCUT2D eigenvalue weighted by Gasteiger charge is -2.23. The lowest BCUT2D eigenvalue weighted by Crippen LogP contribution is -2.33. The normalized spacial score (nSPS) is 17.7. The molecule has 0 bridgehead atoms. The van der Waals surface area contributed by atoms with E-state index in [1.165, 1.54) is 36.9 Å². The molecule has 5 nitrogen and oxygen atoms in total. The molecule has 0 aliphatic carbocycles. The summed E-state index contributed by atoms with van der Waals surface area (Å²) in [6.45, 7) is 2.79. The number of benzene rings is 1. The number of unbranched alkanes of at least 4 members (excludes halogenated alkanes) is 2. The largest absolute Gasteiger partial charge is 0.465 e. The summed E-state index contributed by atoms with van der Waals surface area (Å²) in [6.07, 6.45) is 12.1. The molecule has 1 aliphatic heterocycles. The number of rotatable bonds is 14. The van der Waals surface area contributed by atoms with E-state index in [-0.39, 0.29) is 23.8 Å². The zero-order chi connectivity index (χ0) is 25.0. The molecule has 190 valence electrons. The first-order valence-corrected chi connectivity index (χ1v) is 13.7. The van der Waals surface area contributed by atoms with Crippen LogP contribution in [0, 0.1) is 5.92 Å². The molecule has 1 aromatic carbocycles. The third-order valence-electron chi connectivity index (χ3n) is 6.83. The third kappa shape index (κ3) is 8.62. The topological polar surface area (TPSA) is 66.8 Å². The maximum Gasteiger partial charge on any atom is 0.348 e.